The number of aromatic nitrogens is 3. The van der Waals surface area contributed by atoms with Crippen LogP contribution >= 0.6 is 12.2 Å². The van der Waals surface area contributed by atoms with Crippen molar-refractivity contribution in [3.05, 3.63) is 53.2 Å². The Labute approximate surface area is 187 Å². The number of nitrogens with one attached hydrogen (secondary N) is 1. The number of unbranched alkanes of at least 4 members (excludes halogenated alkanes) is 1. The standard InChI is InChI=1S/C22H25N5O2S2/c1-2-3-12-19-26-20-21(15-8-4-5-9-16(15)25-22(20)23)27(19)14-13-24-31(28,29)18-11-7-6-10-17(18)30/h4-9,11,24H,2-3,10,12-14H2,1H3,(H2,23,25). The monoisotopic (exact) mass is 455 g/mol. The number of nitrogens with two attached hydrogens (primary N) is 1. The Bertz CT molecular complexity index is 1320. The van der Waals surface area contributed by atoms with E-state index in [0.29, 0.717) is 29.2 Å². The molecular weight excluding hydrogens is 430 g/mol. The van der Waals surface area contributed by atoms with Gasteiger partial charge < -0.3 is 10.3 Å². The third-order valence-electron chi connectivity index (χ3n) is 5.32. The number of pyridine rings is 1. The highest BCUT2D eigenvalue weighted by molar-refractivity contribution is 7.96. The van der Waals surface area contributed by atoms with Gasteiger partial charge in [-0.1, -0.05) is 55.9 Å². The summed E-state index contributed by atoms with van der Waals surface area (Å²) in [6.07, 6.45) is 8.38. The first-order valence-corrected chi connectivity index (χ1v) is 12.2. The molecule has 0 radical (unpaired) electrons. The molecule has 0 bridgehead atoms. The van der Waals surface area contributed by atoms with Crippen molar-refractivity contribution < 1.29 is 8.42 Å². The van der Waals surface area contributed by atoms with Crippen LogP contribution in [0.1, 0.15) is 32.0 Å². The largest absolute Gasteiger partial charge is 0.382 e. The summed E-state index contributed by atoms with van der Waals surface area (Å²) >= 11 is 5.23. The van der Waals surface area contributed by atoms with Gasteiger partial charge in [0.1, 0.15) is 11.3 Å². The highest BCUT2D eigenvalue weighted by atomic mass is 32.2. The summed E-state index contributed by atoms with van der Waals surface area (Å²) in [4.78, 5) is 9.86. The number of imidazole rings is 1. The second kappa shape index (κ2) is 8.86. The number of nitrogen functional groups attached to an aromatic ring is 1. The molecule has 3 aromatic rings. The van der Waals surface area contributed by atoms with Gasteiger partial charge in [-0.3, -0.25) is 0 Å². The van der Waals surface area contributed by atoms with Gasteiger partial charge in [-0.05, 0) is 18.6 Å². The highest BCUT2D eigenvalue weighted by Gasteiger charge is 2.22. The smallest absolute Gasteiger partial charge is 0.241 e. The number of rotatable bonds is 8. The summed E-state index contributed by atoms with van der Waals surface area (Å²) in [5.41, 5.74) is 8.56. The molecule has 0 saturated heterocycles. The van der Waals surface area contributed by atoms with Gasteiger partial charge in [-0.15, -0.1) is 0 Å². The highest BCUT2D eigenvalue weighted by Crippen LogP contribution is 2.29. The van der Waals surface area contributed by atoms with Crippen LogP contribution in [0, 0.1) is 0 Å². The van der Waals surface area contributed by atoms with E-state index in [9.17, 15) is 8.42 Å². The van der Waals surface area contributed by atoms with Crippen molar-refractivity contribution in [3.8, 4) is 0 Å². The van der Waals surface area contributed by atoms with Crippen LogP contribution in [-0.4, -0.2) is 34.4 Å². The number of allylic oxidation sites excluding steroid dienone is 4. The van der Waals surface area contributed by atoms with Crippen molar-refractivity contribution in [1.29, 1.82) is 0 Å². The van der Waals surface area contributed by atoms with Crippen molar-refractivity contribution in [2.24, 2.45) is 0 Å². The molecule has 0 amide bonds. The number of hydrogen-bond acceptors (Lipinski definition) is 6. The summed E-state index contributed by atoms with van der Waals surface area (Å²) < 4.78 is 30.3. The maximum atomic E-state index is 12.8. The van der Waals surface area contributed by atoms with Crippen LogP contribution in [0.3, 0.4) is 0 Å². The maximum Gasteiger partial charge on any atom is 0.241 e. The molecule has 0 unspecified atom stereocenters. The van der Waals surface area contributed by atoms with Crippen molar-refractivity contribution in [2.75, 3.05) is 12.3 Å². The van der Waals surface area contributed by atoms with Gasteiger partial charge in [-0.2, -0.15) is 0 Å². The van der Waals surface area contributed by atoms with Crippen LogP contribution in [0.2, 0.25) is 0 Å². The Kier molecular flexibility index (Phi) is 6.17. The molecule has 1 aliphatic rings. The van der Waals surface area contributed by atoms with Crippen LogP contribution in [-0.2, 0) is 23.0 Å². The molecule has 1 aliphatic carbocycles. The van der Waals surface area contributed by atoms with E-state index >= 15 is 0 Å². The summed E-state index contributed by atoms with van der Waals surface area (Å²) in [6, 6.07) is 7.78. The second-order valence-corrected chi connectivity index (χ2v) is 9.71. The predicted octanol–water partition coefficient (Wildman–Crippen LogP) is 3.64. The van der Waals surface area contributed by atoms with Crippen molar-refractivity contribution in [3.63, 3.8) is 0 Å². The minimum Gasteiger partial charge on any atom is -0.382 e. The fourth-order valence-electron chi connectivity index (χ4n) is 3.80. The third-order valence-corrected chi connectivity index (χ3v) is 7.38. The molecule has 7 nitrogen and oxygen atoms in total. The Hall–Kier alpha value is -2.62. The molecule has 2 heterocycles. The lowest BCUT2D eigenvalue weighted by Gasteiger charge is -2.14. The first-order valence-electron chi connectivity index (χ1n) is 10.4. The number of para-hydroxylation sites is 1. The molecule has 2 aromatic heterocycles. The van der Waals surface area contributed by atoms with Crippen molar-refractivity contribution in [1.82, 2.24) is 19.3 Å². The number of sulfonamides is 1. The first kappa shape index (κ1) is 21.6. The Morgan fingerprint density at radius 3 is 2.84 bits per heavy atom. The molecule has 0 spiro atoms. The van der Waals surface area contributed by atoms with Crippen LogP contribution in [0.4, 0.5) is 5.82 Å². The van der Waals surface area contributed by atoms with Crippen LogP contribution in [0.5, 0.6) is 0 Å². The van der Waals surface area contributed by atoms with E-state index in [1.54, 1.807) is 12.2 Å². The lowest BCUT2D eigenvalue weighted by atomic mass is 10.2. The summed E-state index contributed by atoms with van der Waals surface area (Å²) in [7, 11) is -3.67. The zero-order valence-electron chi connectivity index (χ0n) is 17.3. The van der Waals surface area contributed by atoms with E-state index in [0.717, 1.165) is 41.5 Å². The summed E-state index contributed by atoms with van der Waals surface area (Å²) in [5.74, 6) is 1.27. The molecule has 31 heavy (non-hydrogen) atoms. The number of hydrogen-bond donors (Lipinski definition) is 2. The van der Waals surface area contributed by atoms with E-state index in [1.165, 1.54) is 0 Å². The maximum absolute atomic E-state index is 12.8. The zero-order chi connectivity index (χ0) is 22.0. The van der Waals surface area contributed by atoms with E-state index in [4.69, 9.17) is 22.9 Å². The van der Waals surface area contributed by atoms with E-state index in [-0.39, 0.29) is 11.4 Å². The molecule has 0 aliphatic heterocycles. The number of anilines is 1. The fourth-order valence-corrected chi connectivity index (χ4v) is 5.45. The molecule has 0 saturated carbocycles. The van der Waals surface area contributed by atoms with Crippen molar-refractivity contribution >= 4 is 54.9 Å². The average molecular weight is 456 g/mol. The molecular formula is C22H25N5O2S2. The minimum atomic E-state index is -3.67. The minimum absolute atomic E-state index is 0.172. The average Bonchev–Trinajstić information content (AvgIpc) is 3.12. The van der Waals surface area contributed by atoms with Gasteiger partial charge in [0.25, 0.3) is 0 Å². The number of nitrogens with zero attached hydrogens (tertiary/aromatic N) is 3. The Balaban J connectivity index is 1.69. The van der Waals surface area contributed by atoms with Gasteiger partial charge in [-0.25, -0.2) is 23.1 Å². The molecule has 0 fully saturated rings. The molecule has 9 heteroatoms. The molecule has 1 aromatic carbocycles. The molecule has 3 N–H and O–H groups in total. The van der Waals surface area contributed by atoms with Crippen LogP contribution in [0.15, 0.2) is 47.4 Å². The quantitative estimate of drug-likeness (QED) is 0.503. The van der Waals surface area contributed by atoms with E-state index in [2.05, 4.69) is 21.2 Å². The summed E-state index contributed by atoms with van der Waals surface area (Å²) in [6.45, 7) is 2.77. The summed E-state index contributed by atoms with van der Waals surface area (Å²) in [5, 5.41) is 0.950. The lowest BCUT2D eigenvalue weighted by Crippen LogP contribution is -2.31. The van der Waals surface area contributed by atoms with Crippen molar-refractivity contribution in [2.45, 2.75) is 39.2 Å². The lowest BCUT2D eigenvalue weighted by molar-refractivity contribution is 0.577. The van der Waals surface area contributed by atoms with Gasteiger partial charge in [0.2, 0.25) is 10.0 Å². The molecule has 162 valence electrons. The van der Waals surface area contributed by atoms with Gasteiger partial charge in [0.15, 0.2) is 5.82 Å². The predicted molar refractivity (Wildman–Crippen MR) is 129 cm³/mol. The molecule has 4 rings (SSSR count). The molecule has 0 atom stereocenters. The Morgan fingerprint density at radius 2 is 2.06 bits per heavy atom. The Morgan fingerprint density at radius 1 is 1.26 bits per heavy atom. The second-order valence-electron chi connectivity index (χ2n) is 7.48. The number of thiocarbonyl (C=S) groups is 1. The topological polar surface area (TPSA) is 103 Å². The first-order chi connectivity index (χ1) is 14.9. The van der Waals surface area contributed by atoms with E-state index in [1.807, 2.05) is 30.3 Å². The normalized spacial score (nSPS) is 14.5. The van der Waals surface area contributed by atoms with Crippen LogP contribution < -0.4 is 10.5 Å². The van der Waals surface area contributed by atoms with Gasteiger partial charge >= 0.3 is 0 Å². The van der Waals surface area contributed by atoms with Crippen LogP contribution in [0.25, 0.3) is 21.9 Å². The van der Waals surface area contributed by atoms with Gasteiger partial charge in [0, 0.05) is 36.2 Å². The number of aryl methyl sites for hydroxylation is 1. The zero-order valence-corrected chi connectivity index (χ0v) is 19.0. The van der Waals surface area contributed by atoms with Gasteiger partial charge in [0.05, 0.1) is 15.9 Å². The van der Waals surface area contributed by atoms with E-state index < -0.39 is 10.0 Å². The number of benzene rings is 1. The number of fused-ring (bicyclic) bond motifs is 3. The fraction of sp³-hybridized carbons (Fsp3) is 0.318. The SMILES string of the molecule is CCCCc1nc2c(N)nc3ccccc3c2n1CCNS(=O)(=O)C1=CC=CCC1=S. The third kappa shape index (κ3) is 4.26.